The second-order valence-electron chi connectivity index (χ2n) is 3.34. The fourth-order valence-electron chi connectivity index (χ4n) is 1.48. The van der Waals surface area contributed by atoms with E-state index >= 15 is 0 Å². The summed E-state index contributed by atoms with van der Waals surface area (Å²) < 4.78 is 5.50. The molecule has 0 aromatic carbocycles. The number of ether oxygens (including phenoxy) is 1. The van der Waals surface area contributed by atoms with Crippen LogP contribution in [-0.2, 0) is 4.74 Å². The molecule has 2 N–H and O–H groups in total. The lowest BCUT2D eigenvalue weighted by atomic mass is 10.3. The van der Waals surface area contributed by atoms with Crippen molar-refractivity contribution in [2.75, 3.05) is 19.7 Å². The maximum Gasteiger partial charge on any atom is 0.347 e. The molecule has 1 fully saturated rings. The number of aromatic carboxylic acids is 1. The first-order valence-electron chi connectivity index (χ1n) is 4.71. The van der Waals surface area contributed by atoms with Gasteiger partial charge in [0.15, 0.2) is 0 Å². The molecule has 1 unspecified atom stereocenters. The maximum absolute atomic E-state index is 10.8. The second kappa shape index (κ2) is 4.26. The van der Waals surface area contributed by atoms with Crippen molar-refractivity contribution in [2.24, 2.45) is 0 Å². The number of hydrogen-bond donors (Lipinski definition) is 2. The Balaban J connectivity index is 2.21. The highest BCUT2D eigenvalue weighted by Crippen LogP contribution is 2.26. The molecule has 0 bridgehead atoms. The zero-order chi connectivity index (χ0) is 10.8. The van der Waals surface area contributed by atoms with Gasteiger partial charge in [0.25, 0.3) is 0 Å². The van der Waals surface area contributed by atoms with Crippen LogP contribution in [0.4, 0.5) is 0 Å². The van der Waals surface area contributed by atoms with Crippen LogP contribution >= 0.6 is 11.3 Å². The van der Waals surface area contributed by atoms with E-state index in [0.717, 1.165) is 11.6 Å². The van der Waals surface area contributed by atoms with Gasteiger partial charge in [0.2, 0.25) is 0 Å². The van der Waals surface area contributed by atoms with Crippen LogP contribution in [0, 0.1) is 6.92 Å². The highest BCUT2D eigenvalue weighted by atomic mass is 32.1. The summed E-state index contributed by atoms with van der Waals surface area (Å²) in [7, 11) is 0. The van der Waals surface area contributed by atoms with E-state index in [1.807, 2.05) is 0 Å². The Labute approximate surface area is 91.1 Å². The molecule has 2 heterocycles. The number of thiazole rings is 1. The summed E-state index contributed by atoms with van der Waals surface area (Å²) in [5.41, 5.74) is 0.566. The smallest absolute Gasteiger partial charge is 0.347 e. The van der Waals surface area contributed by atoms with Crippen molar-refractivity contribution >= 4 is 17.3 Å². The van der Waals surface area contributed by atoms with E-state index in [-0.39, 0.29) is 6.10 Å². The molecule has 1 aliphatic heterocycles. The van der Waals surface area contributed by atoms with Gasteiger partial charge in [-0.25, -0.2) is 9.78 Å². The molecule has 0 saturated carbocycles. The van der Waals surface area contributed by atoms with E-state index in [2.05, 4.69) is 10.3 Å². The Morgan fingerprint density at radius 2 is 2.53 bits per heavy atom. The summed E-state index contributed by atoms with van der Waals surface area (Å²) in [5.74, 6) is -0.917. The van der Waals surface area contributed by atoms with Crippen molar-refractivity contribution in [1.82, 2.24) is 10.3 Å². The first-order valence-corrected chi connectivity index (χ1v) is 5.53. The van der Waals surface area contributed by atoms with E-state index in [1.54, 1.807) is 6.92 Å². The Morgan fingerprint density at radius 1 is 1.73 bits per heavy atom. The van der Waals surface area contributed by atoms with Crippen molar-refractivity contribution in [3.63, 3.8) is 0 Å². The fourth-order valence-corrected chi connectivity index (χ4v) is 2.43. The lowest BCUT2D eigenvalue weighted by molar-refractivity contribution is 0.0275. The number of carboxylic acid groups (broad SMARTS) is 1. The summed E-state index contributed by atoms with van der Waals surface area (Å²) >= 11 is 1.20. The van der Waals surface area contributed by atoms with Gasteiger partial charge in [-0.2, -0.15) is 0 Å². The minimum Gasteiger partial charge on any atom is -0.477 e. The van der Waals surface area contributed by atoms with E-state index in [9.17, 15) is 4.79 Å². The molecule has 5 nitrogen and oxygen atoms in total. The van der Waals surface area contributed by atoms with Gasteiger partial charge in [0, 0.05) is 13.1 Å². The second-order valence-corrected chi connectivity index (χ2v) is 4.37. The number of aromatic nitrogens is 1. The molecule has 2 rings (SSSR count). The van der Waals surface area contributed by atoms with Crippen LogP contribution in [0.25, 0.3) is 0 Å². The highest BCUT2D eigenvalue weighted by Gasteiger charge is 2.22. The third-order valence-corrected chi connectivity index (χ3v) is 3.45. The van der Waals surface area contributed by atoms with Crippen LogP contribution in [0.15, 0.2) is 0 Å². The minimum absolute atomic E-state index is 0.101. The Bertz CT molecular complexity index is 371. The molecule has 0 amide bonds. The Kier molecular flexibility index (Phi) is 2.99. The number of nitrogens with zero attached hydrogens (tertiary/aromatic N) is 1. The van der Waals surface area contributed by atoms with Crippen molar-refractivity contribution in [3.05, 3.63) is 15.6 Å². The van der Waals surface area contributed by atoms with Gasteiger partial charge in [-0.3, -0.25) is 0 Å². The molecule has 1 aliphatic rings. The number of aryl methyl sites for hydroxylation is 1. The lowest BCUT2D eigenvalue weighted by Gasteiger charge is -2.21. The molecule has 1 aromatic heterocycles. The third-order valence-electron chi connectivity index (χ3n) is 2.21. The predicted octanol–water partition coefficient (Wildman–Crippen LogP) is 0.811. The SMILES string of the molecule is Cc1nc(C2CNCCO2)sc1C(=O)O. The topological polar surface area (TPSA) is 71.5 Å². The first-order chi connectivity index (χ1) is 7.18. The Hall–Kier alpha value is -0.980. The molecule has 1 aromatic rings. The Morgan fingerprint density at radius 3 is 3.07 bits per heavy atom. The van der Waals surface area contributed by atoms with Crippen molar-refractivity contribution in [3.8, 4) is 0 Å². The van der Waals surface area contributed by atoms with E-state index < -0.39 is 5.97 Å². The highest BCUT2D eigenvalue weighted by molar-refractivity contribution is 7.13. The fraction of sp³-hybridized carbons (Fsp3) is 0.556. The largest absolute Gasteiger partial charge is 0.477 e. The van der Waals surface area contributed by atoms with Crippen LogP contribution in [0.1, 0.15) is 26.5 Å². The summed E-state index contributed by atoms with van der Waals surface area (Å²) in [6.07, 6.45) is -0.101. The molecular formula is C9H12N2O3S. The number of rotatable bonds is 2. The van der Waals surface area contributed by atoms with E-state index in [0.29, 0.717) is 23.7 Å². The quantitative estimate of drug-likeness (QED) is 0.783. The number of nitrogens with one attached hydrogen (secondary N) is 1. The molecule has 15 heavy (non-hydrogen) atoms. The normalized spacial score (nSPS) is 21.5. The van der Waals surface area contributed by atoms with Gasteiger partial charge in [-0.15, -0.1) is 11.3 Å². The van der Waals surface area contributed by atoms with E-state index in [4.69, 9.17) is 9.84 Å². The summed E-state index contributed by atoms with van der Waals surface area (Å²) in [5, 5.41) is 12.8. The number of hydrogen-bond acceptors (Lipinski definition) is 5. The van der Waals surface area contributed by atoms with Gasteiger partial charge < -0.3 is 15.2 Å². The number of carboxylic acids is 1. The molecule has 6 heteroatoms. The zero-order valence-corrected chi connectivity index (χ0v) is 9.13. The molecule has 82 valence electrons. The molecule has 1 saturated heterocycles. The monoisotopic (exact) mass is 228 g/mol. The van der Waals surface area contributed by atoms with Crippen LogP contribution < -0.4 is 5.32 Å². The van der Waals surface area contributed by atoms with Crippen molar-refractivity contribution in [1.29, 1.82) is 0 Å². The van der Waals surface area contributed by atoms with Crippen LogP contribution in [0.3, 0.4) is 0 Å². The average molecular weight is 228 g/mol. The first kappa shape index (κ1) is 10.5. The maximum atomic E-state index is 10.8. The zero-order valence-electron chi connectivity index (χ0n) is 8.32. The molecular weight excluding hydrogens is 216 g/mol. The molecule has 0 radical (unpaired) electrons. The lowest BCUT2D eigenvalue weighted by Crippen LogP contribution is -2.33. The number of carbonyl (C=O) groups is 1. The van der Waals surface area contributed by atoms with E-state index in [1.165, 1.54) is 11.3 Å². The summed E-state index contributed by atoms with van der Waals surface area (Å²) in [6, 6.07) is 0. The summed E-state index contributed by atoms with van der Waals surface area (Å²) in [6.45, 7) is 3.89. The van der Waals surface area contributed by atoms with Gasteiger partial charge in [-0.1, -0.05) is 0 Å². The third kappa shape index (κ3) is 2.17. The van der Waals surface area contributed by atoms with Gasteiger partial charge in [-0.05, 0) is 6.92 Å². The van der Waals surface area contributed by atoms with Crippen LogP contribution in [0.2, 0.25) is 0 Å². The molecule has 0 aliphatic carbocycles. The predicted molar refractivity (Wildman–Crippen MR) is 55.4 cm³/mol. The van der Waals surface area contributed by atoms with Crippen molar-refractivity contribution < 1.29 is 14.6 Å². The average Bonchev–Trinajstić information content (AvgIpc) is 2.62. The van der Waals surface area contributed by atoms with Crippen LogP contribution in [-0.4, -0.2) is 35.8 Å². The summed E-state index contributed by atoms with van der Waals surface area (Å²) in [4.78, 5) is 15.4. The molecule has 0 spiro atoms. The van der Waals surface area contributed by atoms with Gasteiger partial charge in [0.1, 0.15) is 16.0 Å². The minimum atomic E-state index is -0.917. The molecule has 1 atom stereocenters. The number of morpholine rings is 1. The standard InChI is InChI=1S/C9H12N2O3S/c1-5-7(9(12)13)15-8(11-5)6-4-10-2-3-14-6/h6,10H,2-4H2,1H3,(H,12,13). The van der Waals surface area contributed by atoms with Crippen molar-refractivity contribution in [2.45, 2.75) is 13.0 Å². The van der Waals surface area contributed by atoms with Crippen LogP contribution in [0.5, 0.6) is 0 Å². The van der Waals surface area contributed by atoms with Gasteiger partial charge >= 0.3 is 5.97 Å². The van der Waals surface area contributed by atoms with Gasteiger partial charge in [0.05, 0.1) is 12.3 Å².